The number of piperidine rings is 1. The monoisotopic (exact) mass is 345 g/mol. The maximum absolute atomic E-state index is 13.3. The largest absolute Gasteiger partial charge is 0.339 e. The second-order valence-corrected chi connectivity index (χ2v) is 6.72. The lowest BCUT2D eigenvalue weighted by atomic mass is 10.1. The molecule has 0 radical (unpaired) electrons. The summed E-state index contributed by atoms with van der Waals surface area (Å²) < 4.78 is 15.1. The predicted molar refractivity (Wildman–Crippen MR) is 88.2 cm³/mol. The van der Waals surface area contributed by atoms with E-state index in [9.17, 15) is 14.0 Å². The van der Waals surface area contributed by atoms with Gasteiger partial charge in [0.15, 0.2) is 0 Å². The molecule has 2 aliphatic rings. The van der Waals surface area contributed by atoms with Crippen molar-refractivity contribution in [3.05, 3.63) is 24.0 Å². The molecule has 4 rings (SSSR count). The minimum atomic E-state index is -0.338. The summed E-state index contributed by atoms with van der Waals surface area (Å²) in [5.41, 5.74) is 1.29. The number of carbonyl (C=O) groups is 2. The number of halogens is 1. The number of benzene rings is 1. The fraction of sp³-hybridized carbons (Fsp3) is 0.529. The van der Waals surface area contributed by atoms with Crippen molar-refractivity contribution < 1.29 is 14.0 Å². The van der Waals surface area contributed by atoms with Crippen LogP contribution in [-0.4, -0.2) is 62.8 Å². The van der Waals surface area contributed by atoms with Crippen LogP contribution in [0, 0.1) is 5.82 Å². The molecule has 2 aliphatic heterocycles. The Labute approximate surface area is 144 Å². The lowest BCUT2D eigenvalue weighted by molar-refractivity contribution is -0.139. The van der Waals surface area contributed by atoms with Gasteiger partial charge in [-0.3, -0.25) is 9.59 Å². The first kappa shape index (κ1) is 16.0. The number of aromatic nitrogens is 3. The van der Waals surface area contributed by atoms with E-state index in [0.29, 0.717) is 31.6 Å². The van der Waals surface area contributed by atoms with Crippen LogP contribution in [0.5, 0.6) is 0 Å². The topological polar surface area (TPSA) is 71.3 Å². The normalized spacial score (nSPS) is 21.3. The number of hydrogen-bond acceptors (Lipinski definition) is 4. The molecule has 2 saturated heterocycles. The predicted octanol–water partition coefficient (Wildman–Crippen LogP) is 1.36. The molecule has 0 aliphatic carbocycles. The Morgan fingerprint density at radius 2 is 2.16 bits per heavy atom. The molecule has 1 atom stereocenters. The van der Waals surface area contributed by atoms with E-state index < -0.39 is 0 Å². The summed E-state index contributed by atoms with van der Waals surface area (Å²) in [6.07, 6.45) is 3.13. The van der Waals surface area contributed by atoms with Gasteiger partial charge in [0.25, 0.3) is 0 Å². The highest BCUT2D eigenvalue weighted by atomic mass is 19.1. The molecule has 2 amide bonds. The molecule has 0 bridgehead atoms. The van der Waals surface area contributed by atoms with Gasteiger partial charge in [0.05, 0.1) is 18.1 Å². The van der Waals surface area contributed by atoms with Crippen LogP contribution in [0.15, 0.2) is 18.2 Å². The molecule has 2 fully saturated rings. The van der Waals surface area contributed by atoms with Crippen LogP contribution in [0.2, 0.25) is 0 Å². The van der Waals surface area contributed by atoms with Crippen molar-refractivity contribution in [2.75, 3.05) is 26.2 Å². The number of fused-ring (bicyclic) bond motifs is 1. The Morgan fingerprint density at radius 3 is 2.96 bits per heavy atom. The molecule has 1 aromatic carbocycles. The first-order valence-electron chi connectivity index (χ1n) is 8.68. The molecular formula is C17H20FN5O2. The summed E-state index contributed by atoms with van der Waals surface area (Å²) in [5, 5.41) is 8.20. The molecule has 8 heteroatoms. The summed E-state index contributed by atoms with van der Waals surface area (Å²) >= 11 is 0. The summed E-state index contributed by atoms with van der Waals surface area (Å²) in [7, 11) is 0. The van der Waals surface area contributed by atoms with E-state index in [1.165, 1.54) is 12.1 Å². The average Bonchev–Trinajstić information content (AvgIpc) is 3.21. The molecule has 7 nitrogen and oxygen atoms in total. The third-order valence-electron chi connectivity index (χ3n) is 5.03. The number of likely N-dealkylation sites (tertiary alicyclic amines) is 2. The Kier molecular flexibility index (Phi) is 4.10. The van der Waals surface area contributed by atoms with E-state index in [-0.39, 0.29) is 30.2 Å². The van der Waals surface area contributed by atoms with Crippen molar-refractivity contribution in [1.29, 1.82) is 0 Å². The van der Waals surface area contributed by atoms with E-state index in [1.54, 1.807) is 20.5 Å². The average molecular weight is 345 g/mol. The molecule has 3 heterocycles. The van der Waals surface area contributed by atoms with Crippen molar-refractivity contribution in [2.45, 2.75) is 31.7 Å². The Hall–Kier alpha value is -2.51. The molecule has 2 aromatic rings. The van der Waals surface area contributed by atoms with E-state index >= 15 is 0 Å². The van der Waals surface area contributed by atoms with Crippen LogP contribution >= 0.6 is 0 Å². The van der Waals surface area contributed by atoms with Gasteiger partial charge in [-0.25, -0.2) is 9.07 Å². The maximum Gasteiger partial charge on any atom is 0.242 e. The minimum absolute atomic E-state index is 0.0161. The number of carbonyl (C=O) groups excluding carboxylic acids is 2. The van der Waals surface area contributed by atoms with Crippen LogP contribution in [0.1, 0.15) is 31.7 Å². The summed E-state index contributed by atoms with van der Waals surface area (Å²) in [4.78, 5) is 27.7. The smallest absolute Gasteiger partial charge is 0.242 e. The van der Waals surface area contributed by atoms with E-state index in [1.807, 2.05) is 0 Å². The SMILES string of the molecule is O=C1CCCN1CC(=O)N1CCC[C@@H](n2nnc3cc(F)ccc32)C1. The first-order valence-corrected chi connectivity index (χ1v) is 8.68. The number of rotatable bonds is 3. The van der Waals surface area contributed by atoms with E-state index in [4.69, 9.17) is 0 Å². The minimum Gasteiger partial charge on any atom is -0.339 e. The highest BCUT2D eigenvalue weighted by Crippen LogP contribution is 2.25. The number of amides is 2. The Balaban J connectivity index is 1.48. The maximum atomic E-state index is 13.3. The zero-order chi connectivity index (χ0) is 17.4. The van der Waals surface area contributed by atoms with Crippen LogP contribution in [0.4, 0.5) is 4.39 Å². The molecule has 132 valence electrons. The summed E-state index contributed by atoms with van der Waals surface area (Å²) in [6, 6.07) is 4.45. The summed E-state index contributed by atoms with van der Waals surface area (Å²) in [6.45, 7) is 2.06. The second-order valence-electron chi connectivity index (χ2n) is 6.72. The lowest BCUT2D eigenvalue weighted by Gasteiger charge is -2.33. The van der Waals surface area contributed by atoms with Gasteiger partial charge in [0, 0.05) is 32.1 Å². The number of nitrogens with zero attached hydrogens (tertiary/aromatic N) is 5. The van der Waals surface area contributed by atoms with E-state index in [0.717, 1.165) is 24.8 Å². The van der Waals surface area contributed by atoms with Gasteiger partial charge >= 0.3 is 0 Å². The summed E-state index contributed by atoms with van der Waals surface area (Å²) in [5.74, 6) is -0.295. The van der Waals surface area contributed by atoms with Crippen molar-refractivity contribution in [3.63, 3.8) is 0 Å². The van der Waals surface area contributed by atoms with Gasteiger partial charge in [0.1, 0.15) is 11.3 Å². The van der Waals surface area contributed by atoms with Gasteiger partial charge in [-0.15, -0.1) is 5.10 Å². The van der Waals surface area contributed by atoms with Crippen LogP contribution in [0.25, 0.3) is 11.0 Å². The third kappa shape index (κ3) is 3.08. The van der Waals surface area contributed by atoms with Gasteiger partial charge in [0.2, 0.25) is 11.8 Å². The van der Waals surface area contributed by atoms with Crippen molar-refractivity contribution in [1.82, 2.24) is 24.8 Å². The quantitative estimate of drug-likeness (QED) is 0.842. The van der Waals surface area contributed by atoms with Crippen LogP contribution in [0.3, 0.4) is 0 Å². The highest BCUT2D eigenvalue weighted by Gasteiger charge is 2.29. The highest BCUT2D eigenvalue weighted by molar-refractivity contribution is 5.86. The van der Waals surface area contributed by atoms with Crippen LogP contribution < -0.4 is 0 Å². The van der Waals surface area contributed by atoms with Crippen molar-refractivity contribution in [3.8, 4) is 0 Å². The molecule has 0 unspecified atom stereocenters. The molecule has 0 saturated carbocycles. The van der Waals surface area contributed by atoms with Crippen LogP contribution in [-0.2, 0) is 9.59 Å². The molecule has 25 heavy (non-hydrogen) atoms. The van der Waals surface area contributed by atoms with Gasteiger partial charge < -0.3 is 9.80 Å². The van der Waals surface area contributed by atoms with Gasteiger partial charge in [-0.2, -0.15) is 0 Å². The molecular weight excluding hydrogens is 325 g/mol. The second kappa shape index (κ2) is 6.42. The Morgan fingerprint density at radius 1 is 1.28 bits per heavy atom. The standard InChI is InChI=1S/C17H20FN5O2/c18-12-5-6-15-14(9-12)19-20-23(15)13-3-1-7-21(10-13)17(25)11-22-8-2-4-16(22)24/h5-6,9,13H,1-4,7-8,10-11H2/t13-/m1/s1. The molecule has 0 N–H and O–H groups in total. The lowest BCUT2D eigenvalue weighted by Crippen LogP contribution is -2.46. The number of hydrogen-bond donors (Lipinski definition) is 0. The molecule has 0 spiro atoms. The van der Waals surface area contributed by atoms with E-state index in [2.05, 4.69) is 10.3 Å². The molecule has 1 aromatic heterocycles. The Bertz CT molecular complexity index is 820. The van der Waals surface area contributed by atoms with Gasteiger partial charge in [-0.05, 0) is 31.4 Å². The van der Waals surface area contributed by atoms with Crippen molar-refractivity contribution >= 4 is 22.8 Å². The van der Waals surface area contributed by atoms with Gasteiger partial charge in [-0.1, -0.05) is 5.21 Å². The fourth-order valence-electron chi connectivity index (χ4n) is 3.70. The van der Waals surface area contributed by atoms with Crippen molar-refractivity contribution in [2.24, 2.45) is 0 Å². The zero-order valence-electron chi connectivity index (χ0n) is 13.9. The zero-order valence-corrected chi connectivity index (χ0v) is 13.9. The first-order chi connectivity index (χ1) is 12.1. The third-order valence-corrected chi connectivity index (χ3v) is 5.03. The fourth-order valence-corrected chi connectivity index (χ4v) is 3.70.